The molecule has 0 saturated carbocycles. The maximum absolute atomic E-state index is 15.1. The smallest absolute Gasteiger partial charge is 0.309 e. The standard InChI is InChI=1S/C31H28ClFN4O4/c1-3-19-5-9-23(10-6-19)35-30(39)25-18-22(32)8-12-27(25)36-29(38)24-11-7-21(17-26(24)33)28(34)37-15-13-20(14-16-37)31(40)41-4-2/h1,5-12,17-18,20,34H,4,13-16H2,2H3,(H,35,39)(H,36,38). The second-order valence-corrected chi connectivity index (χ2v) is 9.81. The third kappa shape index (κ3) is 7.10. The zero-order valence-electron chi connectivity index (χ0n) is 22.3. The second-order valence-electron chi connectivity index (χ2n) is 9.38. The average molecular weight is 575 g/mol. The van der Waals surface area contributed by atoms with E-state index < -0.39 is 17.6 Å². The number of ether oxygens (including phenoxy) is 1. The molecule has 1 heterocycles. The van der Waals surface area contributed by atoms with E-state index >= 15 is 4.39 Å². The van der Waals surface area contributed by atoms with Crippen LogP contribution in [0.4, 0.5) is 15.8 Å². The van der Waals surface area contributed by atoms with E-state index in [9.17, 15) is 14.4 Å². The molecule has 1 aliphatic heterocycles. The van der Waals surface area contributed by atoms with Gasteiger partial charge < -0.3 is 20.3 Å². The third-order valence-electron chi connectivity index (χ3n) is 6.70. The number of carbonyl (C=O) groups is 3. The Morgan fingerprint density at radius 2 is 1.71 bits per heavy atom. The van der Waals surface area contributed by atoms with Crippen LogP contribution < -0.4 is 10.6 Å². The molecule has 0 radical (unpaired) electrons. The highest BCUT2D eigenvalue weighted by atomic mass is 35.5. The number of benzene rings is 3. The molecule has 0 aromatic heterocycles. The van der Waals surface area contributed by atoms with Crippen molar-refractivity contribution in [1.82, 2.24) is 4.90 Å². The van der Waals surface area contributed by atoms with Crippen molar-refractivity contribution in [1.29, 1.82) is 5.41 Å². The lowest BCUT2D eigenvalue weighted by atomic mass is 9.96. The molecule has 3 aromatic carbocycles. The van der Waals surface area contributed by atoms with Gasteiger partial charge in [0.05, 0.1) is 29.3 Å². The summed E-state index contributed by atoms with van der Waals surface area (Å²) >= 11 is 6.11. The SMILES string of the molecule is C#Cc1ccc(NC(=O)c2cc(Cl)ccc2NC(=O)c2ccc(C(=N)N3CCC(C(=O)OCC)CC3)cc2F)cc1. The van der Waals surface area contributed by atoms with E-state index in [4.69, 9.17) is 28.2 Å². The number of anilines is 2. The Bertz CT molecular complexity index is 1530. The van der Waals surface area contributed by atoms with Crippen molar-refractivity contribution in [3.63, 3.8) is 0 Å². The lowest BCUT2D eigenvalue weighted by molar-refractivity contribution is -0.149. The Hall–Kier alpha value is -4.68. The minimum atomic E-state index is -0.820. The molecule has 0 aliphatic carbocycles. The number of piperidine rings is 1. The zero-order chi connectivity index (χ0) is 29.5. The molecule has 210 valence electrons. The summed E-state index contributed by atoms with van der Waals surface area (Å²) in [5.74, 6) is 0.0213. The Labute approximate surface area is 242 Å². The van der Waals surface area contributed by atoms with Crippen LogP contribution in [0.3, 0.4) is 0 Å². The fourth-order valence-corrected chi connectivity index (χ4v) is 4.65. The number of likely N-dealkylation sites (tertiary alicyclic amines) is 1. The topological polar surface area (TPSA) is 112 Å². The van der Waals surface area contributed by atoms with Gasteiger partial charge in [-0.3, -0.25) is 19.8 Å². The highest BCUT2D eigenvalue weighted by molar-refractivity contribution is 6.31. The van der Waals surface area contributed by atoms with Crippen LogP contribution in [0.2, 0.25) is 5.02 Å². The van der Waals surface area contributed by atoms with Crippen LogP contribution in [0.5, 0.6) is 0 Å². The predicted molar refractivity (Wildman–Crippen MR) is 156 cm³/mol. The average Bonchev–Trinajstić information content (AvgIpc) is 2.98. The van der Waals surface area contributed by atoms with Gasteiger partial charge in [-0.25, -0.2) is 4.39 Å². The van der Waals surface area contributed by atoms with Crippen LogP contribution in [0.1, 0.15) is 51.6 Å². The molecule has 2 amide bonds. The largest absolute Gasteiger partial charge is 0.466 e. The van der Waals surface area contributed by atoms with Crippen LogP contribution >= 0.6 is 11.6 Å². The molecule has 8 nitrogen and oxygen atoms in total. The number of rotatable bonds is 7. The summed E-state index contributed by atoms with van der Waals surface area (Å²) in [7, 11) is 0. The molecule has 0 bridgehead atoms. The van der Waals surface area contributed by atoms with E-state index in [1.54, 1.807) is 36.1 Å². The summed E-state index contributed by atoms with van der Waals surface area (Å²) in [5, 5.41) is 14.1. The van der Waals surface area contributed by atoms with Crippen LogP contribution in [0.25, 0.3) is 0 Å². The predicted octanol–water partition coefficient (Wildman–Crippen LogP) is 5.57. The monoisotopic (exact) mass is 574 g/mol. The fraction of sp³-hybridized carbons (Fsp3) is 0.226. The number of hydrogen-bond acceptors (Lipinski definition) is 5. The van der Waals surface area contributed by atoms with Crippen LogP contribution in [0, 0.1) is 29.5 Å². The van der Waals surface area contributed by atoms with E-state index in [0.29, 0.717) is 49.4 Å². The first-order valence-electron chi connectivity index (χ1n) is 13.0. The zero-order valence-corrected chi connectivity index (χ0v) is 23.1. The van der Waals surface area contributed by atoms with E-state index in [1.807, 2.05) is 0 Å². The minimum absolute atomic E-state index is 0.0805. The first-order chi connectivity index (χ1) is 19.7. The molecule has 0 spiro atoms. The number of nitrogens with zero attached hydrogens (tertiary/aromatic N) is 1. The number of carbonyl (C=O) groups excluding carboxylic acids is 3. The van der Waals surface area contributed by atoms with Gasteiger partial charge in [0.1, 0.15) is 11.7 Å². The van der Waals surface area contributed by atoms with Gasteiger partial charge in [-0.15, -0.1) is 6.42 Å². The van der Waals surface area contributed by atoms with Crippen molar-refractivity contribution in [3.05, 3.63) is 93.8 Å². The molecule has 41 heavy (non-hydrogen) atoms. The highest BCUT2D eigenvalue weighted by Gasteiger charge is 2.28. The molecule has 1 saturated heterocycles. The number of amides is 2. The summed E-state index contributed by atoms with van der Waals surface area (Å²) in [5.41, 5.74) is 1.40. The molecular formula is C31H28ClFN4O4. The van der Waals surface area contributed by atoms with Crippen molar-refractivity contribution < 1.29 is 23.5 Å². The van der Waals surface area contributed by atoms with Gasteiger partial charge in [-0.1, -0.05) is 23.6 Å². The molecule has 3 N–H and O–H groups in total. The normalized spacial score (nSPS) is 13.2. The number of halogens is 2. The molecule has 1 fully saturated rings. The first-order valence-corrected chi connectivity index (χ1v) is 13.4. The third-order valence-corrected chi connectivity index (χ3v) is 6.94. The number of amidine groups is 1. The molecule has 10 heteroatoms. The quantitative estimate of drug-likeness (QED) is 0.148. The van der Waals surface area contributed by atoms with Crippen LogP contribution in [0.15, 0.2) is 60.7 Å². The molecule has 0 unspecified atom stereocenters. The molecule has 4 rings (SSSR count). The van der Waals surface area contributed by atoms with E-state index in [0.717, 1.165) is 6.07 Å². The lowest BCUT2D eigenvalue weighted by Crippen LogP contribution is -2.40. The number of hydrogen-bond donors (Lipinski definition) is 3. The highest BCUT2D eigenvalue weighted by Crippen LogP contribution is 2.25. The summed E-state index contributed by atoms with van der Waals surface area (Å²) in [6.45, 7) is 3.00. The van der Waals surface area contributed by atoms with Gasteiger partial charge >= 0.3 is 5.97 Å². The van der Waals surface area contributed by atoms with E-state index in [1.165, 1.54) is 30.3 Å². The number of nitrogens with one attached hydrogen (secondary N) is 3. The van der Waals surface area contributed by atoms with Gasteiger partial charge in [0.2, 0.25) is 0 Å². The maximum Gasteiger partial charge on any atom is 0.309 e. The van der Waals surface area contributed by atoms with Crippen molar-refractivity contribution in [2.24, 2.45) is 5.92 Å². The summed E-state index contributed by atoms with van der Waals surface area (Å²) in [6.07, 6.45) is 6.45. The Morgan fingerprint density at radius 1 is 1.02 bits per heavy atom. The van der Waals surface area contributed by atoms with Gasteiger partial charge in [-0.05, 0) is 74.4 Å². The molecule has 3 aromatic rings. The van der Waals surface area contributed by atoms with Crippen molar-refractivity contribution >= 4 is 46.6 Å². The van der Waals surface area contributed by atoms with Gasteiger partial charge in [0.15, 0.2) is 0 Å². The second kappa shape index (κ2) is 13.1. The maximum atomic E-state index is 15.1. The van der Waals surface area contributed by atoms with E-state index in [2.05, 4.69) is 16.6 Å². The molecule has 0 atom stereocenters. The minimum Gasteiger partial charge on any atom is -0.466 e. The van der Waals surface area contributed by atoms with Gasteiger partial charge in [-0.2, -0.15) is 0 Å². The molecular weight excluding hydrogens is 547 g/mol. The van der Waals surface area contributed by atoms with Crippen LogP contribution in [-0.4, -0.2) is 48.2 Å². The number of esters is 1. The van der Waals surface area contributed by atoms with Crippen molar-refractivity contribution in [2.75, 3.05) is 30.3 Å². The van der Waals surface area contributed by atoms with Crippen LogP contribution in [-0.2, 0) is 9.53 Å². The van der Waals surface area contributed by atoms with Crippen molar-refractivity contribution in [2.45, 2.75) is 19.8 Å². The van der Waals surface area contributed by atoms with Gasteiger partial charge in [0.25, 0.3) is 11.8 Å². The first kappa shape index (κ1) is 29.3. The Balaban J connectivity index is 1.44. The Morgan fingerprint density at radius 3 is 2.34 bits per heavy atom. The molecule has 1 aliphatic rings. The van der Waals surface area contributed by atoms with E-state index in [-0.39, 0.29) is 39.6 Å². The lowest BCUT2D eigenvalue weighted by Gasteiger charge is -2.32. The summed E-state index contributed by atoms with van der Waals surface area (Å²) < 4.78 is 20.2. The van der Waals surface area contributed by atoms with Crippen molar-refractivity contribution in [3.8, 4) is 12.3 Å². The summed E-state index contributed by atoms with van der Waals surface area (Å²) in [4.78, 5) is 39.8. The number of terminal acetylenes is 1. The fourth-order valence-electron chi connectivity index (χ4n) is 4.48. The summed E-state index contributed by atoms with van der Waals surface area (Å²) in [6, 6.07) is 14.9. The van der Waals surface area contributed by atoms with Gasteiger partial charge in [0, 0.05) is 34.9 Å². The Kier molecular flexibility index (Phi) is 9.37.